The predicted octanol–water partition coefficient (Wildman–Crippen LogP) is 3.68. The summed E-state index contributed by atoms with van der Waals surface area (Å²) in [6.45, 7) is 2.05. The van der Waals surface area contributed by atoms with Crippen molar-refractivity contribution in [1.29, 1.82) is 0 Å². The molecule has 1 aliphatic rings. The van der Waals surface area contributed by atoms with Crippen LogP contribution in [0.2, 0.25) is 0 Å². The zero-order valence-electron chi connectivity index (χ0n) is 11.4. The second-order valence-corrected chi connectivity index (χ2v) is 4.97. The van der Waals surface area contributed by atoms with Crippen LogP contribution in [0.15, 0.2) is 41.4 Å². The van der Waals surface area contributed by atoms with Crippen molar-refractivity contribution in [2.24, 2.45) is 5.92 Å². The molecule has 0 radical (unpaired) electrons. The largest absolute Gasteiger partial charge is 0.466 e. The molecule has 110 valence electrons. The summed E-state index contributed by atoms with van der Waals surface area (Å²) in [5.74, 6) is -0.753. The molecule has 0 bridgehead atoms. The maximum absolute atomic E-state index is 12.0. The van der Waals surface area contributed by atoms with Crippen molar-refractivity contribution < 1.29 is 14.5 Å². The second kappa shape index (κ2) is 6.54. The Morgan fingerprint density at radius 3 is 2.67 bits per heavy atom. The van der Waals surface area contributed by atoms with Crippen molar-refractivity contribution in [2.75, 3.05) is 6.61 Å². The standard InChI is InChI=1S/C15H14ClNO4/c1-2-21-15(18)13-8-5-11(16)9-14(13)10-3-6-12(7-4-10)17(19)20/h3-7,9,13H,2,8H2,1H3. The van der Waals surface area contributed by atoms with Crippen LogP contribution in [0.1, 0.15) is 18.9 Å². The highest BCUT2D eigenvalue weighted by atomic mass is 35.5. The Kier molecular flexibility index (Phi) is 4.75. The van der Waals surface area contributed by atoms with E-state index in [-0.39, 0.29) is 11.7 Å². The average molecular weight is 308 g/mol. The van der Waals surface area contributed by atoms with E-state index < -0.39 is 10.8 Å². The van der Waals surface area contributed by atoms with Crippen molar-refractivity contribution in [3.63, 3.8) is 0 Å². The Balaban J connectivity index is 2.34. The number of nitro benzene ring substituents is 1. The number of carbonyl (C=O) groups excluding carboxylic acids is 1. The fourth-order valence-corrected chi connectivity index (χ4v) is 2.40. The van der Waals surface area contributed by atoms with Crippen LogP contribution in [0.25, 0.3) is 5.57 Å². The van der Waals surface area contributed by atoms with Gasteiger partial charge in [0.2, 0.25) is 0 Å². The lowest BCUT2D eigenvalue weighted by molar-refractivity contribution is -0.384. The van der Waals surface area contributed by atoms with Crippen molar-refractivity contribution in [1.82, 2.24) is 0 Å². The van der Waals surface area contributed by atoms with Crippen LogP contribution in [0.5, 0.6) is 0 Å². The normalized spacial score (nSPS) is 17.7. The van der Waals surface area contributed by atoms with Gasteiger partial charge in [-0.2, -0.15) is 0 Å². The van der Waals surface area contributed by atoms with Gasteiger partial charge in [-0.15, -0.1) is 0 Å². The van der Waals surface area contributed by atoms with Crippen LogP contribution in [-0.4, -0.2) is 17.5 Å². The first-order valence-corrected chi connectivity index (χ1v) is 6.89. The second-order valence-electron chi connectivity index (χ2n) is 4.53. The molecule has 0 aliphatic heterocycles. The summed E-state index contributed by atoms with van der Waals surface area (Å²) in [6.07, 6.45) is 3.92. The van der Waals surface area contributed by atoms with Crippen LogP contribution in [-0.2, 0) is 9.53 Å². The minimum absolute atomic E-state index is 0.00415. The maximum atomic E-state index is 12.0. The van der Waals surface area contributed by atoms with E-state index in [1.807, 2.05) is 0 Å². The molecule has 0 saturated heterocycles. The van der Waals surface area contributed by atoms with Gasteiger partial charge < -0.3 is 4.74 Å². The van der Waals surface area contributed by atoms with E-state index in [0.717, 1.165) is 11.1 Å². The first-order chi connectivity index (χ1) is 10.0. The summed E-state index contributed by atoms with van der Waals surface area (Å²) < 4.78 is 5.07. The minimum Gasteiger partial charge on any atom is -0.466 e. The van der Waals surface area contributed by atoms with Crippen LogP contribution in [0, 0.1) is 16.0 Å². The molecule has 0 spiro atoms. The summed E-state index contributed by atoms with van der Waals surface area (Å²) in [4.78, 5) is 22.2. The average Bonchev–Trinajstić information content (AvgIpc) is 2.47. The third-order valence-corrected chi connectivity index (χ3v) is 3.46. The molecule has 0 heterocycles. The van der Waals surface area contributed by atoms with Gasteiger partial charge in [-0.3, -0.25) is 14.9 Å². The summed E-state index contributed by atoms with van der Waals surface area (Å²) >= 11 is 6.01. The number of rotatable bonds is 4. The van der Waals surface area contributed by atoms with Gasteiger partial charge in [0.05, 0.1) is 17.4 Å². The highest BCUT2D eigenvalue weighted by molar-refractivity contribution is 6.32. The molecule has 2 rings (SSSR count). The van der Waals surface area contributed by atoms with Gasteiger partial charge in [-0.05, 0) is 42.7 Å². The number of non-ortho nitro benzene ring substituents is 1. The Morgan fingerprint density at radius 2 is 2.10 bits per heavy atom. The zero-order valence-corrected chi connectivity index (χ0v) is 12.2. The lowest BCUT2D eigenvalue weighted by Crippen LogP contribution is -2.20. The topological polar surface area (TPSA) is 69.4 Å². The van der Waals surface area contributed by atoms with Gasteiger partial charge in [0.25, 0.3) is 5.69 Å². The first-order valence-electron chi connectivity index (χ1n) is 6.51. The first kappa shape index (κ1) is 15.3. The maximum Gasteiger partial charge on any atom is 0.313 e. The summed E-state index contributed by atoms with van der Waals surface area (Å²) in [6, 6.07) is 6.05. The van der Waals surface area contributed by atoms with E-state index in [9.17, 15) is 14.9 Å². The molecule has 1 aromatic rings. The van der Waals surface area contributed by atoms with Crippen LogP contribution in [0.3, 0.4) is 0 Å². The third kappa shape index (κ3) is 3.49. The number of nitrogens with zero attached hydrogens (tertiary/aromatic N) is 1. The van der Waals surface area contributed by atoms with Crippen molar-refractivity contribution >= 4 is 28.8 Å². The lowest BCUT2D eigenvalue weighted by Gasteiger charge is -2.21. The highest BCUT2D eigenvalue weighted by Crippen LogP contribution is 2.34. The Morgan fingerprint density at radius 1 is 1.43 bits per heavy atom. The van der Waals surface area contributed by atoms with E-state index in [2.05, 4.69) is 0 Å². The molecular weight excluding hydrogens is 294 g/mol. The molecule has 5 nitrogen and oxygen atoms in total. The van der Waals surface area contributed by atoms with Crippen LogP contribution >= 0.6 is 11.6 Å². The number of carbonyl (C=O) groups is 1. The number of hydrogen-bond donors (Lipinski definition) is 0. The fraction of sp³-hybridized carbons (Fsp3) is 0.267. The van der Waals surface area contributed by atoms with Gasteiger partial charge in [0, 0.05) is 17.2 Å². The number of hydrogen-bond acceptors (Lipinski definition) is 4. The minimum atomic E-state index is -0.464. The molecule has 0 fully saturated rings. The highest BCUT2D eigenvalue weighted by Gasteiger charge is 2.27. The van der Waals surface area contributed by atoms with Crippen LogP contribution in [0.4, 0.5) is 5.69 Å². The van der Waals surface area contributed by atoms with E-state index >= 15 is 0 Å². The Bertz CT molecular complexity index is 619. The number of nitro groups is 1. The molecule has 1 unspecified atom stereocenters. The van der Waals surface area contributed by atoms with E-state index in [1.54, 1.807) is 31.2 Å². The third-order valence-electron chi connectivity index (χ3n) is 3.20. The van der Waals surface area contributed by atoms with Gasteiger partial charge in [-0.1, -0.05) is 17.7 Å². The van der Waals surface area contributed by atoms with E-state index in [4.69, 9.17) is 16.3 Å². The van der Waals surface area contributed by atoms with Gasteiger partial charge in [-0.25, -0.2) is 0 Å². The van der Waals surface area contributed by atoms with Crippen molar-refractivity contribution in [3.8, 4) is 0 Å². The Labute approximate surface area is 127 Å². The molecule has 0 N–H and O–H groups in total. The predicted molar refractivity (Wildman–Crippen MR) is 79.7 cm³/mol. The molecule has 0 aromatic heterocycles. The van der Waals surface area contributed by atoms with Gasteiger partial charge >= 0.3 is 5.97 Å². The number of ether oxygens (including phenoxy) is 1. The summed E-state index contributed by atoms with van der Waals surface area (Å²) in [5.41, 5.74) is 1.45. The molecule has 0 saturated carbocycles. The molecule has 1 atom stereocenters. The van der Waals surface area contributed by atoms with Gasteiger partial charge in [0.15, 0.2) is 0 Å². The van der Waals surface area contributed by atoms with Gasteiger partial charge in [0.1, 0.15) is 0 Å². The van der Waals surface area contributed by atoms with Crippen molar-refractivity contribution in [3.05, 3.63) is 57.1 Å². The lowest BCUT2D eigenvalue weighted by atomic mass is 9.86. The molecular formula is C15H14ClNO4. The quantitative estimate of drug-likeness (QED) is 0.483. The molecule has 1 aliphatic carbocycles. The SMILES string of the molecule is CCOC(=O)C1CC=C(Cl)C=C1c1ccc([N+](=O)[O-])cc1. The van der Waals surface area contributed by atoms with E-state index in [1.165, 1.54) is 12.1 Å². The zero-order chi connectivity index (χ0) is 15.4. The van der Waals surface area contributed by atoms with E-state index in [0.29, 0.717) is 18.1 Å². The molecule has 6 heteroatoms. The summed E-state index contributed by atoms with van der Waals surface area (Å²) in [7, 11) is 0. The Hall–Kier alpha value is -2.14. The number of allylic oxidation sites excluding steroid dienone is 3. The number of benzene rings is 1. The molecule has 21 heavy (non-hydrogen) atoms. The monoisotopic (exact) mass is 307 g/mol. The molecule has 1 aromatic carbocycles. The smallest absolute Gasteiger partial charge is 0.313 e. The van der Waals surface area contributed by atoms with Crippen molar-refractivity contribution in [2.45, 2.75) is 13.3 Å². The van der Waals surface area contributed by atoms with Crippen LogP contribution < -0.4 is 0 Å². The number of halogens is 1. The fourth-order valence-electron chi connectivity index (χ4n) is 2.19. The number of esters is 1. The summed E-state index contributed by atoms with van der Waals surface area (Å²) in [5, 5.41) is 11.2. The molecule has 0 amide bonds.